The minimum Gasteiger partial charge on any atom is -0.313 e. The molecule has 0 spiro atoms. The van der Waals surface area contributed by atoms with Crippen molar-refractivity contribution in [1.29, 1.82) is 0 Å². The number of aromatic nitrogens is 8. The maximum absolute atomic E-state index is 13.5. The predicted octanol–water partition coefficient (Wildman–Crippen LogP) is 4.82. The lowest BCUT2D eigenvalue weighted by Crippen LogP contribution is -2.27. The van der Waals surface area contributed by atoms with Crippen LogP contribution in [0, 0.1) is 13.8 Å². The molecule has 0 aliphatic rings. The molecule has 6 aromatic rings. The molecule has 0 saturated heterocycles. The second-order valence-corrected chi connectivity index (χ2v) is 12.2. The molecule has 0 unspecified atom stereocenters. The van der Waals surface area contributed by atoms with Gasteiger partial charge in [-0.1, -0.05) is 30.4 Å². The number of para-hydroxylation sites is 3. The van der Waals surface area contributed by atoms with E-state index >= 15 is 0 Å². The summed E-state index contributed by atoms with van der Waals surface area (Å²) in [7, 11) is 3.82. The van der Waals surface area contributed by atoms with Crippen molar-refractivity contribution in [3.05, 3.63) is 105 Å². The highest BCUT2D eigenvalue weighted by Gasteiger charge is 2.17. The van der Waals surface area contributed by atoms with Crippen LogP contribution in [0.3, 0.4) is 0 Å². The molecule has 4 aromatic heterocycles. The number of halogens is 1. The van der Waals surface area contributed by atoms with Gasteiger partial charge in [-0.15, -0.1) is 0 Å². The van der Waals surface area contributed by atoms with Crippen molar-refractivity contribution in [2.45, 2.75) is 53.9 Å². The fraction of sp³-hybridized carbons (Fsp3) is 0.294. The summed E-state index contributed by atoms with van der Waals surface area (Å²) in [5.41, 5.74) is 7.28. The Kier molecular flexibility index (Phi) is 8.82. The van der Waals surface area contributed by atoms with Gasteiger partial charge in [-0.05, 0) is 80.0 Å². The summed E-state index contributed by atoms with van der Waals surface area (Å²) in [5, 5.41) is 8.85. The number of aryl methyl sites for hydroxylation is 6. The molecule has 0 N–H and O–H groups in total. The second kappa shape index (κ2) is 13.0. The fourth-order valence-corrected chi connectivity index (χ4v) is 6.57. The number of allylic oxidation sites excluding steroid dienone is 2. The number of imidazole rings is 2. The molecule has 0 radical (unpaired) electrons. The van der Waals surface area contributed by atoms with Gasteiger partial charge in [0, 0.05) is 44.7 Å². The van der Waals surface area contributed by atoms with Crippen LogP contribution in [0.15, 0.2) is 81.2 Å². The minimum absolute atomic E-state index is 0.345. The molecule has 12 nitrogen and oxygen atoms in total. The van der Waals surface area contributed by atoms with Crippen LogP contribution in [0.4, 0.5) is 0 Å². The van der Waals surface area contributed by atoms with Gasteiger partial charge in [0.15, 0.2) is 0 Å². The molecule has 47 heavy (non-hydrogen) atoms. The van der Waals surface area contributed by atoms with E-state index in [1.54, 1.807) is 21.5 Å². The maximum atomic E-state index is 13.5. The van der Waals surface area contributed by atoms with Gasteiger partial charge >= 0.3 is 0 Å². The van der Waals surface area contributed by atoms with Crippen molar-refractivity contribution in [3.8, 4) is 0 Å². The number of rotatable bonds is 8. The average Bonchev–Trinajstić information content (AvgIpc) is 3.78. The van der Waals surface area contributed by atoms with Crippen LogP contribution in [-0.2, 0) is 40.3 Å². The Bertz CT molecular complexity index is 2340. The van der Waals surface area contributed by atoms with Gasteiger partial charge in [0.25, 0.3) is 11.8 Å². The number of carbonyl (C=O) groups is 2. The first-order valence-corrected chi connectivity index (χ1v) is 16.3. The topological polar surface area (TPSA) is 114 Å². The van der Waals surface area contributed by atoms with Crippen LogP contribution in [0.5, 0.6) is 0 Å². The molecule has 2 amide bonds. The number of fused-ring (bicyclic) bond motifs is 2. The number of benzene rings is 2. The van der Waals surface area contributed by atoms with Gasteiger partial charge in [-0.2, -0.15) is 20.2 Å². The van der Waals surface area contributed by atoms with Gasteiger partial charge in [0.2, 0.25) is 11.2 Å². The summed E-state index contributed by atoms with van der Waals surface area (Å²) < 4.78 is 12.2. The van der Waals surface area contributed by atoms with Crippen LogP contribution in [0.2, 0.25) is 0 Å². The van der Waals surface area contributed by atoms with Gasteiger partial charge < -0.3 is 18.3 Å². The molecule has 2 aromatic carbocycles. The van der Waals surface area contributed by atoms with E-state index in [9.17, 15) is 9.59 Å². The highest BCUT2D eigenvalue weighted by atomic mass is 79.9. The standard InChI is InChI=1S/C34H37BrN10O2/c1-7-44-28(20-22(3)38-44)31(46)36-33-40(5)25-15-9-10-16-26(25)42(33)18-11-12-19-43-30-24(35)14-13-17-27(30)41(6)34(43)37-32(47)29-21-23(4)39-45(29)8-2/h9-17,20-21H,7-8,18-19H2,1-6H3/b12-11+,36-33?,37-34?. The Morgan fingerprint density at radius 3 is 1.79 bits per heavy atom. The van der Waals surface area contributed by atoms with Gasteiger partial charge in [-0.25, -0.2) is 0 Å². The molecule has 0 fully saturated rings. The molecule has 0 aliphatic heterocycles. The largest absolute Gasteiger partial charge is 0.313 e. The van der Waals surface area contributed by atoms with Gasteiger partial charge in [-0.3, -0.25) is 19.0 Å². The quantitative estimate of drug-likeness (QED) is 0.212. The number of hydrogen-bond donors (Lipinski definition) is 0. The average molecular weight is 698 g/mol. The number of hydrogen-bond acceptors (Lipinski definition) is 4. The predicted molar refractivity (Wildman–Crippen MR) is 184 cm³/mol. The fourth-order valence-electron chi connectivity index (χ4n) is 6.00. The lowest BCUT2D eigenvalue weighted by atomic mass is 10.3. The highest BCUT2D eigenvalue weighted by molar-refractivity contribution is 9.10. The van der Waals surface area contributed by atoms with Crippen molar-refractivity contribution in [1.82, 2.24) is 37.8 Å². The Morgan fingerprint density at radius 1 is 0.723 bits per heavy atom. The summed E-state index contributed by atoms with van der Waals surface area (Å²) >= 11 is 3.72. The molecule has 242 valence electrons. The second-order valence-electron chi connectivity index (χ2n) is 11.3. The Morgan fingerprint density at radius 2 is 1.21 bits per heavy atom. The van der Waals surface area contributed by atoms with E-state index in [4.69, 9.17) is 0 Å². The Hall–Kier alpha value is -5.04. The summed E-state index contributed by atoms with van der Waals surface area (Å²) in [6.07, 6.45) is 4.08. The molecular weight excluding hydrogens is 660 g/mol. The number of amides is 2. The first-order valence-electron chi connectivity index (χ1n) is 15.5. The van der Waals surface area contributed by atoms with Crippen LogP contribution in [0.25, 0.3) is 22.1 Å². The van der Waals surface area contributed by atoms with E-state index in [-0.39, 0.29) is 11.8 Å². The van der Waals surface area contributed by atoms with Crippen LogP contribution in [0.1, 0.15) is 46.2 Å². The third-order valence-electron chi connectivity index (χ3n) is 8.20. The molecule has 13 heteroatoms. The number of carbonyl (C=O) groups excluding carboxylic acids is 2. The van der Waals surface area contributed by atoms with E-state index in [1.807, 2.05) is 115 Å². The SMILES string of the molecule is CCn1nc(C)cc1C(=O)N=c1n(C)c2ccccc2n1C/C=C/Cn1c(=NC(=O)c2cc(C)nn2CC)n(C)c2cccc(Br)c21. The molecule has 0 saturated carbocycles. The number of nitrogens with zero attached hydrogens (tertiary/aromatic N) is 10. The van der Waals surface area contributed by atoms with Crippen molar-refractivity contribution in [2.75, 3.05) is 0 Å². The molecular formula is C34H37BrN10O2. The first kappa shape index (κ1) is 31.9. The van der Waals surface area contributed by atoms with Crippen LogP contribution < -0.4 is 11.2 Å². The lowest BCUT2D eigenvalue weighted by molar-refractivity contribution is 0.0977. The summed E-state index contributed by atoms with van der Waals surface area (Å²) in [6.45, 7) is 9.70. The smallest absolute Gasteiger partial charge is 0.298 e. The molecule has 6 rings (SSSR count). The van der Waals surface area contributed by atoms with Gasteiger partial charge in [0.05, 0.1) is 33.5 Å². The van der Waals surface area contributed by atoms with Crippen molar-refractivity contribution >= 4 is 49.8 Å². The lowest BCUT2D eigenvalue weighted by Gasteiger charge is -2.05. The Balaban J connectivity index is 1.39. The Labute approximate surface area is 279 Å². The van der Waals surface area contributed by atoms with Crippen LogP contribution in [-0.4, -0.2) is 49.6 Å². The van der Waals surface area contributed by atoms with E-state index in [2.05, 4.69) is 36.1 Å². The molecule has 0 atom stereocenters. The zero-order valence-corrected chi connectivity index (χ0v) is 28.9. The summed E-state index contributed by atoms with van der Waals surface area (Å²) in [5.74, 6) is -0.697. The molecule has 0 bridgehead atoms. The zero-order chi connectivity index (χ0) is 33.4. The van der Waals surface area contributed by atoms with Crippen LogP contribution >= 0.6 is 15.9 Å². The van der Waals surface area contributed by atoms with Crippen molar-refractivity contribution < 1.29 is 9.59 Å². The molecule has 0 aliphatic carbocycles. The normalized spacial score (nSPS) is 12.8. The van der Waals surface area contributed by atoms with Crippen molar-refractivity contribution in [3.63, 3.8) is 0 Å². The highest BCUT2D eigenvalue weighted by Crippen LogP contribution is 2.23. The van der Waals surface area contributed by atoms with E-state index < -0.39 is 0 Å². The monoisotopic (exact) mass is 696 g/mol. The molecule has 4 heterocycles. The van der Waals surface area contributed by atoms with Gasteiger partial charge in [0.1, 0.15) is 11.4 Å². The van der Waals surface area contributed by atoms with Crippen molar-refractivity contribution in [2.24, 2.45) is 24.1 Å². The third-order valence-corrected chi connectivity index (χ3v) is 8.84. The first-order chi connectivity index (χ1) is 22.6. The minimum atomic E-state index is -0.353. The van der Waals surface area contributed by atoms with E-state index in [0.717, 1.165) is 37.9 Å². The van der Waals surface area contributed by atoms with E-state index in [0.29, 0.717) is 48.8 Å². The third kappa shape index (κ3) is 5.86. The summed E-state index contributed by atoms with van der Waals surface area (Å²) in [4.78, 5) is 36.1. The summed E-state index contributed by atoms with van der Waals surface area (Å²) in [6, 6.07) is 17.5. The zero-order valence-electron chi connectivity index (χ0n) is 27.3. The van der Waals surface area contributed by atoms with E-state index in [1.165, 1.54) is 0 Å². The maximum Gasteiger partial charge on any atom is 0.298 e.